The number of benzene rings is 2. The van der Waals surface area contributed by atoms with E-state index in [1.807, 2.05) is 0 Å². The number of barbiturate groups is 1. The Kier molecular flexibility index (Phi) is 5.33. The Morgan fingerprint density at radius 3 is 2.41 bits per heavy atom. The number of anilines is 1. The van der Waals surface area contributed by atoms with Crippen molar-refractivity contribution in [3.63, 3.8) is 0 Å². The number of hydrogen-bond donors (Lipinski definition) is 2. The molecular weight excluding hydrogens is 484 g/mol. The van der Waals surface area contributed by atoms with Crippen molar-refractivity contribution in [1.82, 2.24) is 5.32 Å². The number of carbonyl (C=O) groups excluding carboxylic acids is 3. The van der Waals surface area contributed by atoms with Gasteiger partial charge in [0, 0.05) is 10.0 Å². The van der Waals surface area contributed by atoms with Gasteiger partial charge in [0.05, 0.1) is 17.3 Å². The third-order valence-corrected chi connectivity index (χ3v) is 4.85. The molecule has 138 valence electrons. The van der Waals surface area contributed by atoms with Crippen LogP contribution in [0.3, 0.4) is 0 Å². The number of aromatic hydroxyl groups is 1. The molecule has 1 aliphatic rings. The van der Waals surface area contributed by atoms with Gasteiger partial charge in [-0.3, -0.25) is 14.9 Å². The Morgan fingerprint density at radius 2 is 1.78 bits per heavy atom. The van der Waals surface area contributed by atoms with Crippen molar-refractivity contribution < 1.29 is 24.2 Å². The second-order valence-electron chi connectivity index (χ2n) is 5.48. The summed E-state index contributed by atoms with van der Waals surface area (Å²) in [7, 11) is 1.50. The minimum Gasteiger partial charge on any atom is -0.506 e. The maximum absolute atomic E-state index is 12.8. The van der Waals surface area contributed by atoms with Crippen LogP contribution in [0.25, 0.3) is 6.08 Å². The van der Waals surface area contributed by atoms with Crippen LogP contribution in [-0.4, -0.2) is 30.1 Å². The second kappa shape index (κ2) is 7.53. The molecule has 2 aromatic carbocycles. The van der Waals surface area contributed by atoms with E-state index in [9.17, 15) is 19.5 Å². The van der Waals surface area contributed by atoms with E-state index in [0.29, 0.717) is 14.7 Å². The lowest BCUT2D eigenvalue weighted by Crippen LogP contribution is -2.54. The maximum atomic E-state index is 12.8. The standard InChI is InChI=1S/C18H12Br2N2O5/c1-27-12-4-2-11(3-5-12)22-17(25)13(16(24)21-18(22)26)7-9-6-10(19)8-14(20)15(9)23/h2-8,23H,1H3,(H,21,24,26)/b13-7+. The number of halogens is 2. The van der Waals surface area contributed by atoms with Crippen LogP contribution in [0.2, 0.25) is 0 Å². The number of methoxy groups -OCH3 is 1. The molecule has 2 N–H and O–H groups in total. The first-order valence-corrected chi connectivity index (χ1v) is 9.14. The Balaban J connectivity index is 2.04. The highest BCUT2D eigenvalue weighted by Crippen LogP contribution is 2.34. The SMILES string of the molecule is COc1ccc(N2C(=O)NC(=O)/C(=C\c3cc(Br)cc(Br)c3O)C2=O)cc1. The van der Waals surface area contributed by atoms with Gasteiger partial charge in [-0.1, -0.05) is 15.9 Å². The van der Waals surface area contributed by atoms with E-state index in [1.54, 1.807) is 24.3 Å². The number of nitrogens with one attached hydrogen (secondary N) is 1. The summed E-state index contributed by atoms with van der Waals surface area (Å²) in [5.74, 6) is -1.23. The molecule has 0 saturated carbocycles. The minimum atomic E-state index is -0.855. The van der Waals surface area contributed by atoms with Gasteiger partial charge in [-0.05, 0) is 58.4 Å². The van der Waals surface area contributed by atoms with Gasteiger partial charge < -0.3 is 9.84 Å². The Morgan fingerprint density at radius 1 is 1.11 bits per heavy atom. The Bertz CT molecular complexity index is 986. The first-order chi connectivity index (χ1) is 12.8. The molecular formula is C18H12Br2N2O5. The highest BCUT2D eigenvalue weighted by molar-refractivity contribution is 9.11. The summed E-state index contributed by atoms with van der Waals surface area (Å²) >= 11 is 6.47. The van der Waals surface area contributed by atoms with Gasteiger partial charge >= 0.3 is 6.03 Å². The van der Waals surface area contributed by atoms with Gasteiger partial charge in [0.1, 0.15) is 17.1 Å². The minimum absolute atomic E-state index is 0.140. The highest BCUT2D eigenvalue weighted by atomic mass is 79.9. The summed E-state index contributed by atoms with van der Waals surface area (Å²) in [4.78, 5) is 38.1. The fourth-order valence-electron chi connectivity index (χ4n) is 2.47. The molecule has 7 nitrogen and oxygen atoms in total. The molecule has 0 unspecified atom stereocenters. The zero-order valence-corrected chi connectivity index (χ0v) is 17.0. The topological polar surface area (TPSA) is 95.9 Å². The zero-order chi connectivity index (χ0) is 19.7. The second-order valence-corrected chi connectivity index (χ2v) is 7.25. The van der Waals surface area contributed by atoms with Crippen LogP contribution in [0.5, 0.6) is 11.5 Å². The highest BCUT2D eigenvalue weighted by Gasteiger charge is 2.37. The predicted molar refractivity (Wildman–Crippen MR) is 106 cm³/mol. The molecule has 1 aliphatic heterocycles. The van der Waals surface area contributed by atoms with Crippen LogP contribution < -0.4 is 15.0 Å². The van der Waals surface area contributed by atoms with E-state index in [1.165, 1.54) is 25.3 Å². The van der Waals surface area contributed by atoms with E-state index in [4.69, 9.17) is 4.74 Å². The first-order valence-electron chi connectivity index (χ1n) is 7.55. The number of urea groups is 1. The molecule has 0 aromatic heterocycles. The molecule has 2 aromatic rings. The van der Waals surface area contributed by atoms with Crippen molar-refractivity contribution in [3.8, 4) is 11.5 Å². The van der Waals surface area contributed by atoms with E-state index in [2.05, 4.69) is 37.2 Å². The molecule has 9 heteroatoms. The van der Waals surface area contributed by atoms with Crippen molar-refractivity contribution in [3.05, 3.63) is 56.5 Å². The number of ether oxygens (including phenoxy) is 1. The van der Waals surface area contributed by atoms with Crippen LogP contribution >= 0.6 is 31.9 Å². The van der Waals surface area contributed by atoms with Gasteiger partial charge in [-0.2, -0.15) is 0 Å². The van der Waals surface area contributed by atoms with Crippen LogP contribution in [-0.2, 0) is 9.59 Å². The molecule has 4 amide bonds. The van der Waals surface area contributed by atoms with Gasteiger partial charge in [-0.15, -0.1) is 0 Å². The van der Waals surface area contributed by atoms with Crippen molar-refractivity contribution >= 4 is 61.5 Å². The third-order valence-electron chi connectivity index (χ3n) is 3.79. The Labute approximate surface area is 170 Å². The van der Waals surface area contributed by atoms with Gasteiger partial charge in [0.15, 0.2) is 0 Å². The van der Waals surface area contributed by atoms with Crippen molar-refractivity contribution in [1.29, 1.82) is 0 Å². The average molecular weight is 496 g/mol. The normalized spacial score (nSPS) is 15.9. The average Bonchev–Trinajstić information content (AvgIpc) is 2.62. The molecule has 0 atom stereocenters. The lowest BCUT2D eigenvalue weighted by atomic mass is 10.1. The van der Waals surface area contributed by atoms with Crippen molar-refractivity contribution in [2.24, 2.45) is 0 Å². The smallest absolute Gasteiger partial charge is 0.335 e. The van der Waals surface area contributed by atoms with Crippen LogP contribution in [0, 0.1) is 0 Å². The first kappa shape index (κ1) is 19.1. The van der Waals surface area contributed by atoms with Gasteiger partial charge in [0.25, 0.3) is 11.8 Å². The number of carbonyl (C=O) groups is 3. The number of rotatable bonds is 3. The molecule has 1 fully saturated rings. The van der Waals surface area contributed by atoms with E-state index >= 15 is 0 Å². The lowest BCUT2D eigenvalue weighted by Gasteiger charge is -2.26. The van der Waals surface area contributed by atoms with Crippen LogP contribution in [0.15, 0.2) is 50.9 Å². The predicted octanol–water partition coefficient (Wildman–Crippen LogP) is 3.59. The summed E-state index contributed by atoms with van der Waals surface area (Å²) in [6.07, 6.45) is 1.23. The van der Waals surface area contributed by atoms with Crippen LogP contribution in [0.1, 0.15) is 5.56 Å². The summed E-state index contributed by atoms with van der Waals surface area (Å²) < 4.78 is 6.07. The van der Waals surface area contributed by atoms with E-state index in [-0.39, 0.29) is 22.6 Å². The molecule has 0 aliphatic carbocycles. The number of phenolic OH excluding ortho intramolecular Hbond substituents is 1. The summed E-state index contributed by atoms with van der Waals surface area (Å²) in [5, 5.41) is 12.3. The number of phenols is 1. The molecule has 1 heterocycles. The number of amides is 4. The van der Waals surface area contributed by atoms with E-state index in [0.717, 1.165) is 4.90 Å². The molecule has 0 spiro atoms. The lowest BCUT2D eigenvalue weighted by molar-refractivity contribution is -0.122. The molecule has 1 saturated heterocycles. The summed E-state index contributed by atoms with van der Waals surface area (Å²) in [6, 6.07) is 8.54. The summed E-state index contributed by atoms with van der Waals surface area (Å²) in [5.41, 5.74) is 0.223. The number of hydrogen-bond acceptors (Lipinski definition) is 5. The largest absolute Gasteiger partial charge is 0.506 e. The summed E-state index contributed by atoms with van der Waals surface area (Å²) in [6.45, 7) is 0. The molecule has 0 radical (unpaired) electrons. The fourth-order valence-corrected chi connectivity index (χ4v) is 3.73. The van der Waals surface area contributed by atoms with Gasteiger partial charge in [0.2, 0.25) is 0 Å². The molecule has 0 bridgehead atoms. The van der Waals surface area contributed by atoms with Gasteiger partial charge in [-0.25, -0.2) is 9.69 Å². The van der Waals surface area contributed by atoms with Crippen LogP contribution in [0.4, 0.5) is 10.5 Å². The van der Waals surface area contributed by atoms with Crippen molar-refractivity contribution in [2.45, 2.75) is 0 Å². The third kappa shape index (κ3) is 3.74. The maximum Gasteiger partial charge on any atom is 0.335 e. The number of nitrogens with zero attached hydrogens (tertiary/aromatic N) is 1. The quantitative estimate of drug-likeness (QED) is 0.501. The zero-order valence-electron chi connectivity index (χ0n) is 13.8. The molecule has 3 rings (SSSR count). The van der Waals surface area contributed by atoms with E-state index < -0.39 is 17.8 Å². The molecule has 27 heavy (non-hydrogen) atoms. The fraction of sp³-hybridized carbons (Fsp3) is 0.0556. The monoisotopic (exact) mass is 494 g/mol. The Hall–Kier alpha value is -2.65. The number of imide groups is 2. The van der Waals surface area contributed by atoms with Crippen molar-refractivity contribution in [2.75, 3.05) is 12.0 Å².